The largest absolute Gasteiger partial charge is 0.0991 e. The normalized spacial score (nSPS) is 12.1. The first kappa shape index (κ1) is 14.0. The second-order valence-electron chi connectivity index (χ2n) is 4.19. The van der Waals surface area contributed by atoms with Crippen molar-refractivity contribution in [3.8, 4) is 0 Å². The van der Waals surface area contributed by atoms with E-state index in [2.05, 4.69) is 57.9 Å². The Balaban J connectivity index is 3.48. The molecule has 1 aromatic rings. The fraction of sp³-hybridized carbons (Fsp3) is 0.111. The van der Waals surface area contributed by atoms with Crippen LogP contribution in [0, 0.1) is 6.92 Å². The molecule has 18 heavy (non-hydrogen) atoms. The van der Waals surface area contributed by atoms with Gasteiger partial charge in [0.15, 0.2) is 0 Å². The van der Waals surface area contributed by atoms with Crippen LogP contribution in [0.15, 0.2) is 67.8 Å². The average Bonchev–Trinajstić information content (AvgIpc) is 2.39. The summed E-state index contributed by atoms with van der Waals surface area (Å²) in [4.78, 5) is 0. The van der Waals surface area contributed by atoms with Crippen LogP contribution in [0.1, 0.15) is 23.6 Å². The molecule has 0 aliphatic rings. The molecule has 1 rings (SSSR count). The molecule has 0 atom stereocenters. The van der Waals surface area contributed by atoms with Crippen molar-refractivity contribution in [3.05, 3.63) is 84.5 Å². The molecule has 0 aromatic heterocycles. The Morgan fingerprint density at radius 3 is 2.44 bits per heavy atom. The molecule has 0 unspecified atom stereocenters. The maximum Gasteiger partial charge on any atom is -0.0109 e. The number of hydrogen-bond donors (Lipinski definition) is 0. The van der Waals surface area contributed by atoms with Gasteiger partial charge < -0.3 is 0 Å². The second kappa shape index (κ2) is 6.61. The van der Waals surface area contributed by atoms with Crippen molar-refractivity contribution in [1.29, 1.82) is 0 Å². The third-order valence-corrected chi connectivity index (χ3v) is 2.85. The summed E-state index contributed by atoms with van der Waals surface area (Å²) < 4.78 is 0. The highest BCUT2D eigenvalue weighted by Gasteiger charge is 2.05. The van der Waals surface area contributed by atoms with Crippen molar-refractivity contribution in [2.75, 3.05) is 0 Å². The molecular formula is C18H20. The van der Waals surface area contributed by atoms with Gasteiger partial charge in [0.25, 0.3) is 0 Å². The molecule has 0 aliphatic carbocycles. The van der Waals surface area contributed by atoms with Crippen LogP contribution in [-0.2, 0) is 0 Å². The highest BCUT2D eigenvalue weighted by atomic mass is 14.1. The van der Waals surface area contributed by atoms with E-state index in [1.165, 1.54) is 11.1 Å². The Bertz CT molecular complexity index is 525. The highest BCUT2D eigenvalue weighted by Crippen LogP contribution is 2.26. The van der Waals surface area contributed by atoms with Crippen LogP contribution in [0.5, 0.6) is 0 Å². The van der Waals surface area contributed by atoms with Gasteiger partial charge in [0, 0.05) is 0 Å². The van der Waals surface area contributed by atoms with Gasteiger partial charge in [-0.3, -0.25) is 0 Å². The molecule has 0 bridgehead atoms. The summed E-state index contributed by atoms with van der Waals surface area (Å²) in [5.74, 6) is 0. The zero-order valence-electron chi connectivity index (χ0n) is 11.2. The van der Waals surface area contributed by atoms with Gasteiger partial charge in [0.1, 0.15) is 0 Å². The predicted molar refractivity (Wildman–Crippen MR) is 83.4 cm³/mol. The highest BCUT2D eigenvalue weighted by molar-refractivity contribution is 5.83. The summed E-state index contributed by atoms with van der Waals surface area (Å²) in [6, 6.07) is 6.38. The molecule has 1 aromatic carbocycles. The standard InChI is InChI=1S/C18H20/c1-6-9-10-17(15(5)7-2)18-12-11-14(4)13-16(18)8-3/h6-13H,1-3H2,4-5H3/b10-9-,17-15-. The number of aryl methyl sites for hydroxylation is 1. The quantitative estimate of drug-likeness (QED) is 0.605. The third kappa shape index (κ3) is 3.21. The van der Waals surface area contributed by atoms with Gasteiger partial charge in [-0.1, -0.05) is 73.9 Å². The fourth-order valence-electron chi connectivity index (χ4n) is 1.80. The molecular weight excluding hydrogens is 216 g/mol. The molecule has 0 heteroatoms. The first-order valence-electron chi connectivity index (χ1n) is 6.00. The molecule has 0 saturated carbocycles. The maximum absolute atomic E-state index is 3.89. The molecule has 0 fully saturated rings. The van der Waals surface area contributed by atoms with Crippen LogP contribution in [0.25, 0.3) is 11.6 Å². The van der Waals surface area contributed by atoms with E-state index in [0.29, 0.717) is 0 Å². The van der Waals surface area contributed by atoms with Crippen molar-refractivity contribution in [2.24, 2.45) is 0 Å². The lowest BCUT2D eigenvalue weighted by Gasteiger charge is -2.11. The van der Waals surface area contributed by atoms with Crippen molar-refractivity contribution in [1.82, 2.24) is 0 Å². The minimum Gasteiger partial charge on any atom is -0.0991 e. The predicted octanol–water partition coefficient (Wildman–Crippen LogP) is 5.34. The van der Waals surface area contributed by atoms with E-state index >= 15 is 0 Å². The minimum atomic E-state index is 1.14. The molecule has 0 radical (unpaired) electrons. The number of rotatable bonds is 5. The van der Waals surface area contributed by atoms with E-state index in [9.17, 15) is 0 Å². The molecule has 0 saturated heterocycles. The average molecular weight is 236 g/mol. The number of hydrogen-bond acceptors (Lipinski definition) is 0. The Hall–Kier alpha value is -2.08. The summed E-state index contributed by atoms with van der Waals surface area (Å²) in [7, 11) is 0. The molecule has 0 nitrogen and oxygen atoms in total. The molecule has 92 valence electrons. The number of allylic oxidation sites excluding steroid dienone is 6. The fourth-order valence-corrected chi connectivity index (χ4v) is 1.80. The van der Waals surface area contributed by atoms with Crippen molar-refractivity contribution in [2.45, 2.75) is 13.8 Å². The van der Waals surface area contributed by atoms with Gasteiger partial charge in [-0.05, 0) is 36.1 Å². The Labute approximate surface area is 110 Å². The first-order chi connectivity index (χ1) is 8.63. The minimum absolute atomic E-state index is 1.14. The van der Waals surface area contributed by atoms with E-state index in [0.717, 1.165) is 16.7 Å². The monoisotopic (exact) mass is 236 g/mol. The van der Waals surface area contributed by atoms with E-state index < -0.39 is 0 Å². The van der Waals surface area contributed by atoms with Gasteiger partial charge in [0.2, 0.25) is 0 Å². The molecule has 0 N–H and O–H groups in total. The smallest absolute Gasteiger partial charge is 0.0109 e. The van der Waals surface area contributed by atoms with Crippen LogP contribution in [0.3, 0.4) is 0 Å². The zero-order chi connectivity index (χ0) is 13.5. The van der Waals surface area contributed by atoms with E-state index in [1.807, 2.05) is 18.2 Å². The van der Waals surface area contributed by atoms with E-state index in [4.69, 9.17) is 0 Å². The topological polar surface area (TPSA) is 0 Å². The Kier molecular flexibility index (Phi) is 5.13. The summed E-state index contributed by atoms with van der Waals surface area (Å²) >= 11 is 0. The number of benzene rings is 1. The van der Waals surface area contributed by atoms with Crippen LogP contribution < -0.4 is 0 Å². The summed E-state index contributed by atoms with van der Waals surface area (Å²) in [6.45, 7) is 15.6. The SMILES string of the molecule is C=C/C=C\C(=C(/C)C=C)c1ccc(C)cc1C=C. The zero-order valence-corrected chi connectivity index (χ0v) is 11.2. The maximum atomic E-state index is 3.89. The summed E-state index contributed by atoms with van der Waals surface area (Å²) in [5, 5.41) is 0. The van der Waals surface area contributed by atoms with E-state index in [-0.39, 0.29) is 0 Å². The molecule has 0 amide bonds. The summed E-state index contributed by atoms with van der Waals surface area (Å²) in [6.07, 6.45) is 9.53. The van der Waals surface area contributed by atoms with Crippen molar-refractivity contribution in [3.63, 3.8) is 0 Å². The molecule has 0 aliphatic heterocycles. The van der Waals surface area contributed by atoms with Crippen molar-refractivity contribution >= 4 is 11.6 Å². The second-order valence-corrected chi connectivity index (χ2v) is 4.19. The van der Waals surface area contributed by atoms with Gasteiger partial charge >= 0.3 is 0 Å². The molecule has 0 spiro atoms. The lowest BCUT2D eigenvalue weighted by atomic mass is 9.94. The summed E-state index contributed by atoms with van der Waals surface area (Å²) in [5.41, 5.74) is 5.84. The molecule has 0 heterocycles. The lowest BCUT2D eigenvalue weighted by Crippen LogP contribution is -1.90. The van der Waals surface area contributed by atoms with Crippen molar-refractivity contribution < 1.29 is 0 Å². The lowest BCUT2D eigenvalue weighted by molar-refractivity contribution is 1.42. The van der Waals surface area contributed by atoms with Crippen LogP contribution in [0.4, 0.5) is 0 Å². The van der Waals surface area contributed by atoms with Gasteiger partial charge in [-0.2, -0.15) is 0 Å². The van der Waals surface area contributed by atoms with E-state index in [1.54, 1.807) is 6.08 Å². The van der Waals surface area contributed by atoms with Crippen LogP contribution in [0.2, 0.25) is 0 Å². The van der Waals surface area contributed by atoms with Gasteiger partial charge in [-0.15, -0.1) is 0 Å². The third-order valence-electron chi connectivity index (χ3n) is 2.85. The Morgan fingerprint density at radius 1 is 1.17 bits per heavy atom. The van der Waals surface area contributed by atoms with Gasteiger partial charge in [-0.25, -0.2) is 0 Å². The van der Waals surface area contributed by atoms with Crippen LogP contribution in [-0.4, -0.2) is 0 Å². The first-order valence-corrected chi connectivity index (χ1v) is 6.00. The van der Waals surface area contributed by atoms with Gasteiger partial charge in [0.05, 0.1) is 0 Å². The Morgan fingerprint density at radius 2 is 1.89 bits per heavy atom. The van der Waals surface area contributed by atoms with Crippen LogP contribution >= 0.6 is 0 Å².